The first-order chi connectivity index (χ1) is 10.5. The number of carbonyl (C=O) groups is 2. The van der Waals surface area contributed by atoms with E-state index in [4.69, 9.17) is 11.6 Å². The SMILES string of the molecule is O=C1S[C@@H](Nc2ccc(Cl)cc2)C(=O)N1c1ccc(F)cc1. The smallest absolute Gasteiger partial charge is 0.295 e. The van der Waals surface area contributed by atoms with Gasteiger partial charge in [-0.05, 0) is 60.3 Å². The van der Waals surface area contributed by atoms with E-state index in [2.05, 4.69) is 5.32 Å². The number of amides is 2. The summed E-state index contributed by atoms with van der Waals surface area (Å²) in [5.74, 6) is -0.817. The van der Waals surface area contributed by atoms with Gasteiger partial charge in [0.2, 0.25) is 0 Å². The minimum Gasteiger partial charge on any atom is -0.365 e. The highest BCUT2D eigenvalue weighted by atomic mass is 35.5. The van der Waals surface area contributed by atoms with Gasteiger partial charge in [0.05, 0.1) is 5.69 Å². The summed E-state index contributed by atoms with van der Waals surface area (Å²) in [6, 6.07) is 12.0. The first-order valence-corrected chi connectivity index (χ1v) is 7.62. The fourth-order valence-corrected chi connectivity index (χ4v) is 3.05. The quantitative estimate of drug-likeness (QED) is 0.916. The van der Waals surface area contributed by atoms with Crippen LogP contribution in [0.4, 0.5) is 20.6 Å². The monoisotopic (exact) mass is 336 g/mol. The largest absolute Gasteiger partial charge is 0.365 e. The Morgan fingerprint density at radius 3 is 2.32 bits per heavy atom. The summed E-state index contributed by atoms with van der Waals surface area (Å²) < 4.78 is 12.9. The van der Waals surface area contributed by atoms with Gasteiger partial charge < -0.3 is 5.32 Å². The highest BCUT2D eigenvalue weighted by Crippen LogP contribution is 2.32. The molecule has 3 rings (SSSR count). The molecule has 0 unspecified atom stereocenters. The number of benzene rings is 2. The number of thioether (sulfide) groups is 1. The molecule has 2 aromatic rings. The molecule has 7 heteroatoms. The second kappa shape index (κ2) is 5.98. The fraction of sp³-hybridized carbons (Fsp3) is 0.0667. The zero-order valence-corrected chi connectivity index (χ0v) is 12.7. The summed E-state index contributed by atoms with van der Waals surface area (Å²) >= 11 is 6.68. The summed E-state index contributed by atoms with van der Waals surface area (Å²) in [5.41, 5.74) is 1.04. The Kier molecular flexibility index (Phi) is 4.04. The lowest BCUT2D eigenvalue weighted by Gasteiger charge is -2.14. The molecule has 1 atom stereocenters. The van der Waals surface area contributed by atoms with Gasteiger partial charge >= 0.3 is 0 Å². The van der Waals surface area contributed by atoms with E-state index in [1.807, 2.05) is 0 Å². The van der Waals surface area contributed by atoms with Gasteiger partial charge in [0.1, 0.15) is 5.82 Å². The van der Waals surface area contributed by atoms with Crippen molar-refractivity contribution in [3.63, 3.8) is 0 Å². The molecule has 0 bridgehead atoms. The maximum Gasteiger partial charge on any atom is 0.295 e. The van der Waals surface area contributed by atoms with Crippen LogP contribution in [-0.2, 0) is 4.79 Å². The molecule has 0 aliphatic carbocycles. The van der Waals surface area contributed by atoms with Crippen molar-refractivity contribution in [2.75, 3.05) is 10.2 Å². The van der Waals surface area contributed by atoms with E-state index < -0.39 is 22.3 Å². The minimum atomic E-state index is -0.723. The molecule has 1 aliphatic rings. The molecule has 4 nitrogen and oxygen atoms in total. The molecule has 1 aliphatic heterocycles. The van der Waals surface area contributed by atoms with Gasteiger partial charge in [-0.15, -0.1) is 0 Å². The molecular weight excluding hydrogens is 327 g/mol. The van der Waals surface area contributed by atoms with Gasteiger partial charge in [-0.3, -0.25) is 9.59 Å². The van der Waals surface area contributed by atoms with Crippen LogP contribution in [0.2, 0.25) is 5.02 Å². The van der Waals surface area contributed by atoms with Gasteiger partial charge in [0, 0.05) is 10.7 Å². The Hall–Kier alpha value is -2.05. The van der Waals surface area contributed by atoms with Crippen LogP contribution >= 0.6 is 23.4 Å². The number of imide groups is 1. The third-order valence-electron chi connectivity index (χ3n) is 3.07. The average molecular weight is 337 g/mol. The summed E-state index contributed by atoms with van der Waals surface area (Å²) in [6.07, 6.45) is 0. The molecule has 0 saturated carbocycles. The van der Waals surface area contributed by atoms with Crippen molar-refractivity contribution in [2.24, 2.45) is 0 Å². The maximum atomic E-state index is 12.9. The molecule has 0 radical (unpaired) electrons. The van der Waals surface area contributed by atoms with Crippen LogP contribution in [0.1, 0.15) is 0 Å². The third-order valence-corrected chi connectivity index (χ3v) is 4.26. The Labute approximate surface area is 135 Å². The number of rotatable bonds is 3. The lowest BCUT2D eigenvalue weighted by molar-refractivity contribution is -0.116. The van der Waals surface area contributed by atoms with Crippen molar-refractivity contribution < 1.29 is 14.0 Å². The standard InChI is InChI=1S/C15H10ClFN2O2S/c16-9-1-5-11(6-2-9)18-13-14(20)19(15(21)22-13)12-7-3-10(17)4-8-12/h1-8,13,18H/t13-/m1/s1. The second-order valence-electron chi connectivity index (χ2n) is 4.57. The first kappa shape index (κ1) is 14.9. The molecule has 22 heavy (non-hydrogen) atoms. The Morgan fingerprint density at radius 1 is 1.05 bits per heavy atom. The average Bonchev–Trinajstić information content (AvgIpc) is 2.77. The van der Waals surface area contributed by atoms with Gasteiger partial charge in [-0.1, -0.05) is 11.6 Å². The molecular formula is C15H10ClFN2O2S. The lowest BCUT2D eigenvalue weighted by Crippen LogP contribution is -2.34. The van der Waals surface area contributed by atoms with Crippen LogP contribution in [0, 0.1) is 5.82 Å². The predicted molar refractivity (Wildman–Crippen MR) is 85.7 cm³/mol. The second-order valence-corrected chi connectivity index (χ2v) is 6.06. The van der Waals surface area contributed by atoms with E-state index in [0.717, 1.165) is 16.7 Å². The molecule has 2 amide bonds. The number of nitrogens with zero attached hydrogens (tertiary/aromatic N) is 1. The number of hydrogen-bond donors (Lipinski definition) is 1. The van der Waals surface area contributed by atoms with Gasteiger partial charge in [-0.2, -0.15) is 0 Å². The molecule has 112 valence electrons. The highest BCUT2D eigenvalue weighted by molar-refractivity contribution is 8.16. The van der Waals surface area contributed by atoms with Crippen LogP contribution < -0.4 is 10.2 Å². The van der Waals surface area contributed by atoms with E-state index >= 15 is 0 Å². The maximum absolute atomic E-state index is 12.9. The first-order valence-electron chi connectivity index (χ1n) is 6.37. The fourth-order valence-electron chi connectivity index (χ4n) is 2.02. The predicted octanol–water partition coefficient (Wildman–Crippen LogP) is 4.12. The van der Waals surface area contributed by atoms with Crippen molar-refractivity contribution in [1.29, 1.82) is 0 Å². The van der Waals surface area contributed by atoms with Gasteiger partial charge in [-0.25, -0.2) is 9.29 Å². The van der Waals surface area contributed by atoms with E-state index in [1.165, 1.54) is 24.3 Å². The van der Waals surface area contributed by atoms with Crippen LogP contribution in [-0.4, -0.2) is 16.5 Å². The number of carbonyl (C=O) groups excluding carboxylic acids is 2. The number of hydrogen-bond acceptors (Lipinski definition) is 4. The van der Waals surface area contributed by atoms with E-state index in [9.17, 15) is 14.0 Å². The topological polar surface area (TPSA) is 49.4 Å². The van der Waals surface area contributed by atoms with Crippen molar-refractivity contribution in [3.8, 4) is 0 Å². The normalized spacial score (nSPS) is 17.9. The Balaban J connectivity index is 1.79. The van der Waals surface area contributed by atoms with Crippen molar-refractivity contribution in [1.82, 2.24) is 0 Å². The van der Waals surface area contributed by atoms with E-state index in [1.54, 1.807) is 24.3 Å². The van der Waals surface area contributed by atoms with Crippen LogP contribution in [0.5, 0.6) is 0 Å². The summed E-state index contributed by atoms with van der Waals surface area (Å²) in [6.45, 7) is 0. The Morgan fingerprint density at radius 2 is 1.68 bits per heavy atom. The van der Waals surface area contributed by atoms with E-state index in [0.29, 0.717) is 16.4 Å². The van der Waals surface area contributed by atoms with E-state index in [-0.39, 0.29) is 0 Å². The van der Waals surface area contributed by atoms with Crippen molar-refractivity contribution in [3.05, 3.63) is 59.4 Å². The van der Waals surface area contributed by atoms with Crippen LogP contribution in [0.25, 0.3) is 0 Å². The molecule has 2 aromatic carbocycles. The molecule has 0 aromatic heterocycles. The van der Waals surface area contributed by atoms with Crippen LogP contribution in [0.3, 0.4) is 0 Å². The molecule has 0 spiro atoms. The number of halogens is 2. The van der Waals surface area contributed by atoms with Crippen molar-refractivity contribution >= 4 is 45.9 Å². The summed E-state index contributed by atoms with van der Waals surface area (Å²) in [4.78, 5) is 25.5. The summed E-state index contributed by atoms with van der Waals surface area (Å²) in [7, 11) is 0. The lowest BCUT2D eigenvalue weighted by atomic mass is 10.3. The molecule has 1 fully saturated rings. The molecule has 1 heterocycles. The molecule has 1 N–H and O–H groups in total. The minimum absolute atomic E-state index is 0.351. The zero-order valence-electron chi connectivity index (χ0n) is 11.1. The van der Waals surface area contributed by atoms with Gasteiger partial charge in [0.25, 0.3) is 11.1 Å². The van der Waals surface area contributed by atoms with Crippen LogP contribution in [0.15, 0.2) is 48.5 Å². The van der Waals surface area contributed by atoms with Crippen molar-refractivity contribution in [2.45, 2.75) is 5.37 Å². The summed E-state index contributed by atoms with van der Waals surface area (Å²) in [5, 5.41) is 2.44. The zero-order chi connectivity index (χ0) is 15.7. The third kappa shape index (κ3) is 2.93. The Bertz CT molecular complexity index is 721. The van der Waals surface area contributed by atoms with Gasteiger partial charge in [0.15, 0.2) is 5.37 Å². The number of nitrogens with one attached hydrogen (secondary N) is 1. The highest BCUT2D eigenvalue weighted by Gasteiger charge is 2.40. The molecule has 1 saturated heterocycles. The number of anilines is 2.